The molecule has 5 heteroatoms. The van der Waals surface area contributed by atoms with Gasteiger partial charge in [0.2, 0.25) is 0 Å². The van der Waals surface area contributed by atoms with Gasteiger partial charge in [-0.15, -0.1) is 0 Å². The van der Waals surface area contributed by atoms with Gasteiger partial charge < -0.3 is 0 Å². The molecule has 3 atom stereocenters. The van der Waals surface area contributed by atoms with Gasteiger partial charge in [-0.25, -0.2) is 8.42 Å². The summed E-state index contributed by atoms with van der Waals surface area (Å²) in [6.07, 6.45) is 2.83. The van der Waals surface area contributed by atoms with Gasteiger partial charge in [0.1, 0.15) is 0 Å². The molecular weight excluding hydrogens is 212 g/mol. The van der Waals surface area contributed by atoms with E-state index in [1.807, 2.05) is 0 Å². The first-order valence-electron chi connectivity index (χ1n) is 5.65. The Bertz CT molecular complexity index is 290. The standard InChI is InChI=1S/C10H22N2O2S/c1-3-8(2)6-10(12-11)9-4-5-15(13,14)7-9/h8-10,12H,3-7,11H2,1-2H3. The van der Waals surface area contributed by atoms with Crippen molar-refractivity contribution < 1.29 is 8.42 Å². The van der Waals surface area contributed by atoms with Crippen molar-refractivity contribution >= 4 is 9.84 Å². The molecule has 1 aliphatic rings. The fraction of sp³-hybridized carbons (Fsp3) is 1.00. The minimum atomic E-state index is -2.79. The van der Waals surface area contributed by atoms with Crippen LogP contribution in [0.2, 0.25) is 0 Å². The second-order valence-corrected chi connectivity index (χ2v) is 6.91. The van der Waals surface area contributed by atoms with Gasteiger partial charge in [-0.05, 0) is 24.7 Å². The average Bonchev–Trinajstić information content (AvgIpc) is 2.54. The number of hydrogen-bond donors (Lipinski definition) is 2. The van der Waals surface area contributed by atoms with Crippen molar-refractivity contribution in [2.24, 2.45) is 17.7 Å². The van der Waals surface area contributed by atoms with Crippen LogP contribution in [0.15, 0.2) is 0 Å². The van der Waals surface area contributed by atoms with E-state index in [4.69, 9.17) is 5.84 Å². The summed E-state index contributed by atoms with van der Waals surface area (Å²) in [6, 6.07) is 0.150. The first-order chi connectivity index (χ1) is 6.98. The molecule has 0 aromatic rings. The molecular formula is C10H22N2O2S. The predicted octanol–water partition coefficient (Wildman–Crippen LogP) is 0.689. The third-order valence-electron chi connectivity index (χ3n) is 3.40. The Balaban J connectivity index is 2.53. The van der Waals surface area contributed by atoms with Crippen LogP contribution in [-0.4, -0.2) is 26.0 Å². The van der Waals surface area contributed by atoms with E-state index in [0.29, 0.717) is 17.4 Å². The minimum Gasteiger partial charge on any atom is -0.271 e. The molecule has 3 unspecified atom stereocenters. The molecule has 0 saturated carbocycles. The summed E-state index contributed by atoms with van der Waals surface area (Å²) in [4.78, 5) is 0. The second kappa shape index (κ2) is 5.27. The monoisotopic (exact) mass is 234 g/mol. The van der Waals surface area contributed by atoms with Crippen molar-refractivity contribution in [1.82, 2.24) is 5.43 Å². The van der Waals surface area contributed by atoms with E-state index < -0.39 is 9.84 Å². The third-order valence-corrected chi connectivity index (χ3v) is 5.20. The van der Waals surface area contributed by atoms with Crippen LogP contribution in [0.4, 0.5) is 0 Å². The van der Waals surface area contributed by atoms with E-state index in [-0.39, 0.29) is 12.0 Å². The van der Waals surface area contributed by atoms with Crippen molar-refractivity contribution in [3.63, 3.8) is 0 Å². The van der Waals surface area contributed by atoms with E-state index in [0.717, 1.165) is 19.3 Å². The zero-order valence-electron chi connectivity index (χ0n) is 9.57. The maximum absolute atomic E-state index is 11.3. The molecule has 0 aromatic heterocycles. The quantitative estimate of drug-likeness (QED) is 0.542. The van der Waals surface area contributed by atoms with Crippen molar-refractivity contribution in [2.75, 3.05) is 11.5 Å². The average molecular weight is 234 g/mol. The van der Waals surface area contributed by atoms with Crippen molar-refractivity contribution in [3.8, 4) is 0 Å². The summed E-state index contributed by atoms with van der Waals surface area (Å²) in [5.74, 6) is 6.93. The van der Waals surface area contributed by atoms with Crippen molar-refractivity contribution in [1.29, 1.82) is 0 Å². The van der Waals surface area contributed by atoms with Gasteiger partial charge in [-0.3, -0.25) is 11.3 Å². The summed E-state index contributed by atoms with van der Waals surface area (Å²) in [5, 5.41) is 0. The molecule has 1 saturated heterocycles. The summed E-state index contributed by atoms with van der Waals surface area (Å²) in [7, 11) is -2.79. The van der Waals surface area contributed by atoms with Gasteiger partial charge >= 0.3 is 0 Å². The number of sulfone groups is 1. The van der Waals surface area contributed by atoms with Gasteiger partial charge in [0.15, 0.2) is 9.84 Å². The predicted molar refractivity (Wildman–Crippen MR) is 61.9 cm³/mol. The van der Waals surface area contributed by atoms with Crippen LogP contribution < -0.4 is 11.3 Å². The molecule has 1 fully saturated rings. The lowest BCUT2D eigenvalue weighted by Gasteiger charge is -2.24. The Kier molecular flexibility index (Phi) is 4.55. The second-order valence-electron chi connectivity index (χ2n) is 4.69. The number of hydrogen-bond acceptors (Lipinski definition) is 4. The lowest BCUT2D eigenvalue weighted by Crippen LogP contribution is -2.42. The van der Waals surface area contributed by atoms with Crippen LogP contribution >= 0.6 is 0 Å². The Labute approximate surface area is 92.5 Å². The highest BCUT2D eigenvalue weighted by atomic mass is 32.2. The highest BCUT2D eigenvalue weighted by Crippen LogP contribution is 2.25. The highest BCUT2D eigenvalue weighted by molar-refractivity contribution is 7.91. The molecule has 0 bridgehead atoms. The number of rotatable bonds is 5. The molecule has 0 spiro atoms. The third kappa shape index (κ3) is 3.74. The first kappa shape index (κ1) is 12.9. The first-order valence-corrected chi connectivity index (χ1v) is 7.47. The van der Waals surface area contributed by atoms with Crippen molar-refractivity contribution in [3.05, 3.63) is 0 Å². The van der Waals surface area contributed by atoms with E-state index in [2.05, 4.69) is 19.3 Å². The Morgan fingerprint density at radius 2 is 2.20 bits per heavy atom. The molecule has 0 aromatic carbocycles. The summed E-state index contributed by atoms with van der Waals surface area (Å²) >= 11 is 0. The van der Waals surface area contributed by atoms with Gasteiger partial charge in [-0.1, -0.05) is 20.3 Å². The highest BCUT2D eigenvalue weighted by Gasteiger charge is 2.33. The van der Waals surface area contributed by atoms with E-state index in [9.17, 15) is 8.42 Å². The van der Waals surface area contributed by atoms with E-state index >= 15 is 0 Å². The molecule has 1 rings (SSSR count). The smallest absolute Gasteiger partial charge is 0.150 e. The lowest BCUT2D eigenvalue weighted by molar-refractivity contribution is 0.317. The minimum absolute atomic E-state index is 0.150. The molecule has 90 valence electrons. The maximum atomic E-state index is 11.3. The number of nitrogens with one attached hydrogen (secondary N) is 1. The molecule has 15 heavy (non-hydrogen) atoms. The van der Waals surface area contributed by atoms with Crippen LogP contribution in [-0.2, 0) is 9.84 Å². The van der Waals surface area contributed by atoms with Crippen molar-refractivity contribution in [2.45, 2.75) is 39.2 Å². The molecule has 1 heterocycles. The van der Waals surface area contributed by atoms with Gasteiger partial charge in [0.05, 0.1) is 11.5 Å². The number of hydrazine groups is 1. The lowest BCUT2D eigenvalue weighted by atomic mass is 9.90. The van der Waals surface area contributed by atoms with Crippen LogP contribution in [0.1, 0.15) is 33.1 Å². The topological polar surface area (TPSA) is 72.2 Å². The Morgan fingerprint density at radius 1 is 1.53 bits per heavy atom. The van der Waals surface area contributed by atoms with Gasteiger partial charge in [0, 0.05) is 6.04 Å². The summed E-state index contributed by atoms with van der Waals surface area (Å²) in [5.41, 5.74) is 2.78. The summed E-state index contributed by atoms with van der Waals surface area (Å²) in [6.45, 7) is 4.32. The largest absolute Gasteiger partial charge is 0.271 e. The van der Waals surface area contributed by atoms with Crippen LogP contribution in [0, 0.1) is 11.8 Å². The molecule has 0 aliphatic carbocycles. The Morgan fingerprint density at radius 3 is 2.60 bits per heavy atom. The molecule has 1 aliphatic heterocycles. The van der Waals surface area contributed by atoms with E-state index in [1.165, 1.54) is 0 Å². The van der Waals surface area contributed by atoms with Gasteiger partial charge in [-0.2, -0.15) is 0 Å². The van der Waals surface area contributed by atoms with Crippen LogP contribution in [0.3, 0.4) is 0 Å². The van der Waals surface area contributed by atoms with Crippen LogP contribution in [0.25, 0.3) is 0 Å². The molecule has 4 nitrogen and oxygen atoms in total. The Hall–Kier alpha value is -0.130. The normalized spacial score (nSPS) is 28.9. The fourth-order valence-electron chi connectivity index (χ4n) is 2.14. The molecule has 3 N–H and O–H groups in total. The van der Waals surface area contributed by atoms with Crippen LogP contribution in [0.5, 0.6) is 0 Å². The zero-order chi connectivity index (χ0) is 11.5. The SMILES string of the molecule is CCC(C)CC(NN)C1CCS(=O)(=O)C1. The van der Waals surface area contributed by atoms with Gasteiger partial charge in [0.25, 0.3) is 0 Å². The molecule has 0 amide bonds. The van der Waals surface area contributed by atoms with E-state index in [1.54, 1.807) is 0 Å². The number of nitrogens with two attached hydrogens (primary N) is 1. The molecule has 0 radical (unpaired) electrons. The maximum Gasteiger partial charge on any atom is 0.150 e. The summed E-state index contributed by atoms with van der Waals surface area (Å²) < 4.78 is 22.7. The fourth-order valence-corrected chi connectivity index (χ4v) is 4.02. The zero-order valence-corrected chi connectivity index (χ0v) is 10.4.